The molecule has 0 atom stereocenters. The van der Waals surface area contributed by atoms with Gasteiger partial charge in [-0.3, -0.25) is 9.59 Å². The van der Waals surface area contributed by atoms with Crippen molar-refractivity contribution in [2.75, 3.05) is 13.7 Å². The second-order valence-corrected chi connectivity index (χ2v) is 3.21. The van der Waals surface area contributed by atoms with Gasteiger partial charge in [-0.25, -0.2) is 9.50 Å². The number of esters is 1. The maximum atomic E-state index is 11.6. The van der Waals surface area contributed by atoms with Gasteiger partial charge in [-0.05, 0) is 6.07 Å². The maximum absolute atomic E-state index is 11.6. The van der Waals surface area contributed by atoms with Crippen LogP contribution in [0.3, 0.4) is 0 Å². The lowest BCUT2D eigenvalue weighted by atomic mass is 10.4. The molecule has 2 aromatic rings. The van der Waals surface area contributed by atoms with Crippen molar-refractivity contribution in [1.82, 2.24) is 19.9 Å². The lowest BCUT2D eigenvalue weighted by molar-refractivity contribution is -0.139. The zero-order valence-electron chi connectivity index (χ0n) is 9.08. The van der Waals surface area contributed by atoms with Crippen LogP contribution < -0.4 is 5.32 Å². The molecule has 2 heterocycles. The number of methoxy groups -OCH3 is 1. The third-order valence-electron chi connectivity index (χ3n) is 2.09. The second-order valence-electron chi connectivity index (χ2n) is 3.21. The molecule has 0 bridgehead atoms. The molecule has 2 aromatic heterocycles. The summed E-state index contributed by atoms with van der Waals surface area (Å²) in [6, 6.07) is 3.24. The molecule has 0 aromatic carbocycles. The summed E-state index contributed by atoms with van der Waals surface area (Å²) in [6.45, 7) is -0.184. The summed E-state index contributed by atoms with van der Waals surface area (Å²) in [6.07, 6.45) is 3.28. The standard InChI is InChI=1S/C10H10N4O3/c1-17-9(15)6-12-10(16)7-5-8-11-3-2-4-14(8)13-7/h2-5H,6H2,1H3,(H,12,16). The van der Waals surface area contributed by atoms with Gasteiger partial charge in [0.2, 0.25) is 0 Å². The van der Waals surface area contributed by atoms with Crippen molar-refractivity contribution in [3.8, 4) is 0 Å². The molecule has 0 saturated carbocycles. The molecular formula is C10H10N4O3. The quantitative estimate of drug-likeness (QED) is 0.732. The third kappa shape index (κ3) is 2.39. The van der Waals surface area contributed by atoms with Crippen LogP contribution in [0.2, 0.25) is 0 Å². The van der Waals surface area contributed by atoms with Crippen molar-refractivity contribution in [3.63, 3.8) is 0 Å². The van der Waals surface area contributed by atoms with Crippen LogP contribution >= 0.6 is 0 Å². The van der Waals surface area contributed by atoms with Crippen LogP contribution in [0.25, 0.3) is 5.65 Å². The molecule has 1 N–H and O–H groups in total. The minimum atomic E-state index is -0.514. The van der Waals surface area contributed by atoms with Crippen LogP contribution in [-0.4, -0.2) is 40.1 Å². The molecule has 88 valence electrons. The van der Waals surface area contributed by atoms with Gasteiger partial charge < -0.3 is 10.1 Å². The fourth-order valence-corrected chi connectivity index (χ4v) is 1.26. The number of aromatic nitrogens is 3. The van der Waals surface area contributed by atoms with Crippen molar-refractivity contribution in [1.29, 1.82) is 0 Å². The lowest BCUT2D eigenvalue weighted by Gasteiger charge is -2.00. The fourth-order valence-electron chi connectivity index (χ4n) is 1.26. The summed E-state index contributed by atoms with van der Waals surface area (Å²) in [5.41, 5.74) is 0.767. The Morgan fingerprint density at radius 3 is 3.06 bits per heavy atom. The van der Waals surface area contributed by atoms with Crippen LogP contribution in [0.5, 0.6) is 0 Å². The summed E-state index contributed by atoms with van der Waals surface area (Å²) in [5, 5.41) is 6.40. The summed E-state index contributed by atoms with van der Waals surface area (Å²) in [4.78, 5) is 26.5. The zero-order chi connectivity index (χ0) is 12.3. The minimum Gasteiger partial charge on any atom is -0.468 e. The van der Waals surface area contributed by atoms with Gasteiger partial charge >= 0.3 is 5.97 Å². The molecule has 0 aliphatic rings. The van der Waals surface area contributed by atoms with E-state index in [-0.39, 0.29) is 12.2 Å². The van der Waals surface area contributed by atoms with E-state index in [0.29, 0.717) is 5.65 Å². The first kappa shape index (κ1) is 11.1. The smallest absolute Gasteiger partial charge is 0.325 e. The molecule has 0 unspecified atom stereocenters. The van der Waals surface area contributed by atoms with Gasteiger partial charge in [-0.1, -0.05) is 0 Å². The Kier molecular flexibility index (Phi) is 2.99. The van der Waals surface area contributed by atoms with Gasteiger partial charge in [0.25, 0.3) is 5.91 Å². The number of ether oxygens (including phenoxy) is 1. The molecule has 2 rings (SSSR count). The number of carbonyl (C=O) groups excluding carboxylic acids is 2. The van der Waals surface area contributed by atoms with Gasteiger partial charge in [0.1, 0.15) is 6.54 Å². The molecule has 0 radical (unpaired) electrons. The van der Waals surface area contributed by atoms with Crippen molar-refractivity contribution in [3.05, 3.63) is 30.2 Å². The van der Waals surface area contributed by atoms with E-state index in [4.69, 9.17) is 0 Å². The third-order valence-corrected chi connectivity index (χ3v) is 2.09. The molecule has 0 aliphatic heterocycles. The van der Waals surface area contributed by atoms with E-state index in [1.54, 1.807) is 18.5 Å². The Morgan fingerprint density at radius 1 is 1.53 bits per heavy atom. The first-order valence-corrected chi connectivity index (χ1v) is 4.86. The predicted molar refractivity (Wildman–Crippen MR) is 57.3 cm³/mol. The molecular weight excluding hydrogens is 224 g/mol. The summed E-state index contributed by atoms with van der Waals surface area (Å²) < 4.78 is 5.88. The number of rotatable bonds is 3. The molecule has 7 heteroatoms. The van der Waals surface area contributed by atoms with E-state index in [9.17, 15) is 9.59 Å². The van der Waals surface area contributed by atoms with E-state index in [1.807, 2.05) is 0 Å². The van der Waals surface area contributed by atoms with Crippen molar-refractivity contribution < 1.29 is 14.3 Å². The van der Waals surface area contributed by atoms with E-state index < -0.39 is 11.9 Å². The number of amides is 1. The number of nitrogens with one attached hydrogen (secondary N) is 1. The Morgan fingerprint density at radius 2 is 2.35 bits per heavy atom. The molecule has 0 aliphatic carbocycles. The molecule has 0 fully saturated rings. The summed E-state index contributed by atoms with van der Waals surface area (Å²) >= 11 is 0. The lowest BCUT2D eigenvalue weighted by Crippen LogP contribution is -2.30. The zero-order valence-corrected chi connectivity index (χ0v) is 9.08. The Hall–Kier alpha value is -2.44. The fraction of sp³-hybridized carbons (Fsp3) is 0.200. The highest BCUT2D eigenvalue weighted by Crippen LogP contribution is 2.02. The molecule has 0 saturated heterocycles. The number of carbonyl (C=O) groups is 2. The molecule has 1 amide bonds. The first-order valence-electron chi connectivity index (χ1n) is 4.86. The summed E-state index contributed by atoms with van der Waals surface area (Å²) in [5.74, 6) is -0.957. The van der Waals surface area contributed by atoms with Gasteiger partial charge in [0, 0.05) is 18.5 Å². The number of fused-ring (bicyclic) bond motifs is 1. The van der Waals surface area contributed by atoms with Crippen LogP contribution in [0.15, 0.2) is 24.5 Å². The summed E-state index contributed by atoms with van der Waals surface area (Å²) in [7, 11) is 1.25. The highest BCUT2D eigenvalue weighted by molar-refractivity contribution is 5.95. The SMILES string of the molecule is COC(=O)CNC(=O)c1cc2ncccn2n1. The Balaban J connectivity index is 2.11. The van der Waals surface area contributed by atoms with Crippen molar-refractivity contribution in [2.24, 2.45) is 0 Å². The van der Waals surface area contributed by atoms with Crippen LogP contribution in [0.4, 0.5) is 0 Å². The van der Waals surface area contributed by atoms with Gasteiger partial charge in [-0.15, -0.1) is 0 Å². The van der Waals surface area contributed by atoms with Crippen LogP contribution in [0, 0.1) is 0 Å². The number of hydrogen-bond donors (Lipinski definition) is 1. The highest BCUT2D eigenvalue weighted by atomic mass is 16.5. The van der Waals surface area contributed by atoms with E-state index >= 15 is 0 Å². The van der Waals surface area contributed by atoms with Gasteiger partial charge in [0.15, 0.2) is 11.3 Å². The maximum Gasteiger partial charge on any atom is 0.325 e. The van der Waals surface area contributed by atoms with E-state index in [0.717, 1.165) is 0 Å². The van der Waals surface area contributed by atoms with Crippen LogP contribution in [0.1, 0.15) is 10.5 Å². The number of nitrogens with zero attached hydrogens (tertiary/aromatic N) is 3. The predicted octanol–water partition coefficient (Wildman–Crippen LogP) is -0.368. The monoisotopic (exact) mass is 234 g/mol. The van der Waals surface area contributed by atoms with E-state index in [2.05, 4.69) is 20.1 Å². The first-order chi connectivity index (χ1) is 8.20. The van der Waals surface area contributed by atoms with Crippen molar-refractivity contribution in [2.45, 2.75) is 0 Å². The highest BCUT2D eigenvalue weighted by Gasteiger charge is 2.12. The van der Waals surface area contributed by atoms with E-state index in [1.165, 1.54) is 17.7 Å². The average Bonchev–Trinajstić information content (AvgIpc) is 2.79. The number of hydrogen-bond acceptors (Lipinski definition) is 5. The topological polar surface area (TPSA) is 85.6 Å². The van der Waals surface area contributed by atoms with Crippen molar-refractivity contribution >= 4 is 17.5 Å². The van der Waals surface area contributed by atoms with Gasteiger partial charge in [-0.2, -0.15) is 5.10 Å². The molecule has 17 heavy (non-hydrogen) atoms. The largest absolute Gasteiger partial charge is 0.468 e. The van der Waals surface area contributed by atoms with Crippen LogP contribution in [-0.2, 0) is 9.53 Å². The molecule has 7 nitrogen and oxygen atoms in total. The Bertz CT molecular complexity index is 530. The normalized spacial score (nSPS) is 10.2. The Labute approximate surface area is 96.4 Å². The minimum absolute atomic E-state index is 0.184. The average molecular weight is 234 g/mol. The second kappa shape index (κ2) is 4.60. The van der Waals surface area contributed by atoms with Gasteiger partial charge in [0.05, 0.1) is 7.11 Å². The molecule has 0 spiro atoms.